The SMILES string of the molecule is Cc1ccc(CNc2ccc3c(c2)Oc2ccccc2S3)c(C)c1. The average molecular weight is 333 g/mol. The number of nitrogens with one attached hydrogen (secondary N) is 1. The summed E-state index contributed by atoms with van der Waals surface area (Å²) in [5.41, 5.74) is 5.02. The van der Waals surface area contributed by atoms with Crippen molar-refractivity contribution in [3.05, 3.63) is 77.4 Å². The van der Waals surface area contributed by atoms with E-state index in [9.17, 15) is 0 Å². The van der Waals surface area contributed by atoms with Gasteiger partial charge in [-0.15, -0.1) is 0 Å². The molecular formula is C21H19NOS. The monoisotopic (exact) mass is 333 g/mol. The van der Waals surface area contributed by atoms with Gasteiger partial charge >= 0.3 is 0 Å². The van der Waals surface area contributed by atoms with E-state index in [1.807, 2.05) is 18.2 Å². The number of rotatable bonds is 3. The fraction of sp³-hybridized carbons (Fsp3) is 0.143. The molecule has 1 aliphatic heterocycles. The minimum absolute atomic E-state index is 0.814. The second-order valence-corrected chi connectivity index (χ2v) is 7.18. The van der Waals surface area contributed by atoms with Gasteiger partial charge in [0.15, 0.2) is 0 Å². The first-order chi connectivity index (χ1) is 11.7. The van der Waals surface area contributed by atoms with Gasteiger partial charge in [0.1, 0.15) is 11.5 Å². The molecule has 2 nitrogen and oxygen atoms in total. The summed E-state index contributed by atoms with van der Waals surface area (Å²) < 4.78 is 6.05. The van der Waals surface area contributed by atoms with Gasteiger partial charge < -0.3 is 10.1 Å². The summed E-state index contributed by atoms with van der Waals surface area (Å²) in [6.07, 6.45) is 0. The van der Waals surface area contributed by atoms with Crippen molar-refractivity contribution in [2.45, 2.75) is 30.2 Å². The van der Waals surface area contributed by atoms with E-state index < -0.39 is 0 Å². The molecule has 3 aromatic carbocycles. The molecule has 0 spiro atoms. The Morgan fingerprint density at radius 1 is 0.875 bits per heavy atom. The van der Waals surface area contributed by atoms with E-state index >= 15 is 0 Å². The molecule has 1 N–H and O–H groups in total. The molecule has 3 aromatic rings. The van der Waals surface area contributed by atoms with Crippen LogP contribution in [0, 0.1) is 13.8 Å². The summed E-state index contributed by atoms with van der Waals surface area (Å²) in [4.78, 5) is 2.33. The minimum atomic E-state index is 0.814. The molecule has 0 saturated carbocycles. The summed E-state index contributed by atoms with van der Waals surface area (Å²) in [6, 6.07) is 21.1. The Labute approximate surface area is 146 Å². The fourth-order valence-electron chi connectivity index (χ4n) is 2.88. The molecule has 0 radical (unpaired) electrons. The smallest absolute Gasteiger partial charge is 0.143 e. The highest BCUT2D eigenvalue weighted by Crippen LogP contribution is 2.47. The maximum absolute atomic E-state index is 6.05. The maximum Gasteiger partial charge on any atom is 0.143 e. The van der Waals surface area contributed by atoms with Crippen LogP contribution in [-0.4, -0.2) is 0 Å². The Balaban J connectivity index is 1.52. The predicted molar refractivity (Wildman–Crippen MR) is 100 cm³/mol. The molecule has 120 valence electrons. The van der Waals surface area contributed by atoms with Crippen molar-refractivity contribution in [1.82, 2.24) is 0 Å². The highest BCUT2D eigenvalue weighted by atomic mass is 32.2. The van der Waals surface area contributed by atoms with Gasteiger partial charge in [0.05, 0.1) is 9.79 Å². The van der Waals surface area contributed by atoms with Gasteiger partial charge in [-0.3, -0.25) is 0 Å². The zero-order valence-electron chi connectivity index (χ0n) is 13.8. The lowest BCUT2D eigenvalue weighted by Gasteiger charge is -2.20. The number of hydrogen-bond donors (Lipinski definition) is 1. The van der Waals surface area contributed by atoms with E-state index in [0.29, 0.717) is 0 Å². The quantitative estimate of drug-likeness (QED) is 0.484. The molecule has 0 aromatic heterocycles. The summed E-state index contributed by atoms with van der Waals surface area (Å²) in [7, 11) is 0. The number of anilines is 1. The lowest BCUT2D eigenvalue weighted by atomic mass is 10.1. The predicted octanol–water partition coefficient (Wildman–Crippen LogP) is 6.17. The highest BCUT2D eigenvalue weighted by molar-refractivity contribution is 7.99. The Bertz CT molecular complexity index is 904. The summed E-state index contributed by atoms with van der Waals surface area (Å²) in [6.45, 7) is 5.10. The van der Waals surface area contributed by atoms with Gasteiger partial charge in [0.25, 0.3) is 0 Å². The molecule has 1 heterocycles. The molecule has 0 atom stereocenters. The Morgan fingerprint density at radius 3 is 2.58 bits per heavy atom. The van der Waals surface area contributed by atoms with E-state index in [4.69, 9.17) is 4.74 Å². The average Bonchev–Trinajstić information content (AvgIpc) is 2.59. The van der Waals surface area contributed by atoms with E-state index in [2.05, 4.69) is 61.6 Å². The summed E-state index contributed by atoms with van der Waals surface area (Å²) in [5, 5.41) is 3.51. The van der Waals surface area contributed by atoms with Crippen LogP contribution < -0.4 is 10.1 Å². The summed E-state index contributed by atoms with van der Waals surface area (Å²) >= 11 is 1.76. The maximum atomic E-state index is 6.05. The molecule has 24 heavy (non-hydrogen) atoms. The zero-order chi connectivity index (χ0) is 16.5. The second kappa shape index (κ2) is 6.25. The molecule has 0 amide bonds. The number of ether oxygens (including phenoxy) is 1. The topological polar surface area (TPSA) is 21.3 Å². The van der Waals surface area contributed by atoms with Crippen LogP contribution in [0.3, 0.4) is 0 Å². The van der Waals surface area contributed by atoms with Crippen LogP contribution in [0.25, 0.3) is 0 Å². The van der Waals surface area contributed by atoms with Crippen LogP contribution in [0.1, 0.15) is 16.7 Å². The zero-order valence-corrected chi connectivity index (χ0v) is 14.6. The van der Waals surface area contributed by atoms with Crippen LogP contribution in [0.15, 0.2) is 70.5 Å². The molecule has 0 bridgehead atoms. The van der Waals surface area contributed by atoms with Crippen LogP contribution in [0.2, 0.25) is 0 Å². The molecule has 3 heteroatoms. The third kappa shape index (κ3) is 3.00. The van der Waals surface area contributed by atoms with Crippen molar-refractivity contribution in [2.75, 3.05) is 5.32 Å². The molecule has 0 saturated heterocycles. The van der Waals surface area contributed by atoms with Gasteiger partial charge in [0, 0.05) is 18.3 Å². The largest absolute Gasteiger partial charge is 0.455 e. The molecular weight excluding hydrogens is 314 g/mol. The second-order valence-electron chi connectivity index (χ2n) is 6.10. The summed E-state index contributed by atoms with van der Waals surface area (Å²) in [5.74, 6) is 1.85. The van der Waals surface area contributed by atoms with Gasteiger partial charge in [0.2, 0.25) is 0 Å². The van der Waals surface area contributed by atoms with Gasteiger partial charge in [-0.25, -0.2) is 0 Å². The standard InChI is InChI=1S/C21H19NOS/c1-14-7-8-16(15(2)11-14)13-22-17-9-10-21-19(12-17)23-18-5-3-4-6-20(18)24-21/h3-12,22H,13H2,1-2H3. The normalized spacial score (nSPS) is 12.1. The van der Waals surface area contributed by atoms with Crippen LogP contribution in [-0.2, 0) is 6.54 Å². The van der Waals surface area contributed by atoms with Crippen molar-refractivity contribution in [3.63, 3.8) is 0 Å². The van der Waals surface area contributed by atoms with Gasteiger partial charge in [-0.1, -0.05) is 47.7 Å². The van der Waals surface area contributed by atoms with Crippen molar-refractivity contribution < 1.29 is 4.74 Å². The van der Waals surface area contributed by atoms with Crippen molar-refractivity contribution in [1.29, 1.82) is 0 Å². The first kappa shape index (κ1) is 15.2. The molecule has 0 aliphatic carbocycles. The molecule has 4 rings (SSSR count). The molecule has 1 aliphatic rings. The van der Waals surface area contributed by atoms with Crippen molar-refractivity contribution >= 4 is 17.4 Å². The van der Waals surface area contributed by atoms with Crippen LogP contribution >= 0.6 is 11.8 Å². The fourth-order valence-corrected chi connectivity index (χ4v) is 3.81. The third-order valence-corrected chi connectivity index (χ3v) is 5.33. The van der Waals surface area contributed by atoms with E-state index in [1.54, 1.807) is 11.8 Å². The van der Waals surface area contributed by atoms with E-state index in [1.165, 1.54) is 21.6 Å². The third-order valence-electron chi connectivity index (χ3n) is 4.21. The van der Waals surface area contributed by atoms with Crippen LogP contribution in [0.4, 0.5) is 5.69 Å². The number of hydrogen-bond acceptors (Lipinski definition) is 3. The first-order valence-electron chi connectivity index (χ1n) is 8.08. The number of para-hydroxylation sites is 1. The van der Waals surface area contributed by atoms with Crippen molar-refractivity contribution in [3.8, 4) is 11.5 Å². The Morgan fingerprint density at radius 2 is 1.71 bits per heavy atom. The number of fused-ring (bicyclic) bond motifs is 2. The van der Waals surface area contributed by atoms with Gasteiger partial charge in [-0.05, 0) is 49.2 Å². The Kier molecular flexibility index (Phi) is 3.95. The number of aryl methyl sites for hydroxylation is 2. The minimum Gasteiger partial charge on any atom is -0.455 e. The Hall–Kier alpha value is -2.39. The molecule has 0 unspecified atom stereocenters. The molecule has 0 fully saturated rings. The van der Waals surface area contributed by atoms with E-state index in [0.717, 1.165) is 28.6 Å². The van der Waals surface area contributed by atoms with E-state index in [-0.39, 0.29) is 0 Å². The first-order valence-corrected chi connectivity index (χ1v) is 8.89. The van der Waals surface area contributed by atoms with Crippen LogP contribution in [0.5, 0.6) is 11.5 Å². The van der Waals surface area contributed by atoms with Gasteiger partial charge in [-0.2, -0.15) is 0 Å². The lowest BCUT2D eigenvalue weighted by molar-refractivity contribution is 0.455. The lowest BCUT2D eigenvalue weighted by Crippen LogP contribution is -2.02. The van der Waals surface area contributed by atoms with Crippen molar-refractivity contribution in [2.24, 2.45) is 0 Å². The highest BCUT2D eigenvalue weighted by Gasteiger charge is 2.17. The number of benzene rings is 3.